The maximum Gasteiger partial charge on any atom is 0.149 e. The number of benzene rings is 2. The molecule has 0 spiro atoms. The van der Waals surface area contributed by atoms with Gasteiger partial charge in [0.25, 0.3) is 0 Å². The van der Waals surface area contributed by atoms with E-state index in [0.717, 1.165) is 11.6 Å². The molecule has 1 nitrogen and oxygen atoms in total. The standard InChI is InChI=1S/C13H9F2NS/c14-10-6-7-12(11(15)8-10)16-13(17)9-4-2-1-3-5-9/h1-8H,(H,16,17). The summed E-state index contributed by atoms with van der Waals surface area (Å²) in [5, 5.41) is 2.74. The zero-order chi connectivity index (χ0) is 12.3. The summed E-state index contributed by atoms with van der Waals surface area (Å²) in [6, 6.07) is 12.5. The zero-order valence-electron chi connectivity index (χ0n) is 8.78. The highest BCUT2D eigenvalue weighted by Crippen LogP contribution is 2.16. The van der Waals surface area contributed by atoms with E-state index in [4.69, 9.17) is 12.2 Å². The number of thiocarbonyl (C=S) groups is 1. The summed E-state index contributed by atoms with van der Waals surface area (Å²) in [7, 11) is 0. The van der Waals surface area contributed by atoms with Gasteiger partial charge in [0.1, 0.15) is 16.6 Å². The van der Waals surface area contributed by atoms with Gasteiger partial charge in [0.05, 0.1) is 5.69 Å². The van der Waals surface area contributed by atoms with E-state index >= 15 is 0 Å². The van der Waals surface area contributed by atoms with E-state index in [1.165, 1.54) is 12.1 Å². The Morgan fingerprint density at radius 1 is 1.00 bits per heavy atom. The smallest absolute Gasteiger partial charge is 0.149 e. The first kappa shape index (κ1) is 11.7. The first-order valence-corrected chi connectivity index (χ1v) is 5.39. The van der Waals surface area contributed by atoms with Gasteiger partial charge in [0.2, 0.25) is 0 Å². The lowest BCUT2D eigenvalue weighted by atomic mass is 10.2. The Morgan fingerprint density at radius 3 is 2.35 bits per heavy atom. The SMILES string of the molecule is Fc1ccc(NC(=S)c2ccccc2)c(F)c1. The normalized spacial score (nSPS) is 10.0. The Bertz CT molecular complexity index is 540. The topological polar surface area (TPSA) is 12.0 Å². The molecule has 0 fully saturated rings. The summed E-state index contributed by atoms with van der Waals surface area (Å²) in [5.74, 6) is -1.28. The van der Waals surface area contributed by atoms with Crippen LogP contribution in [-0.4, -0.2) is 4.99 Å². The third-order valence-electron chi connectivity index (χ3n) is 2.22. The van der Waals surface area contributed by atoms with Crippen LogP contribution in [0.25, 0.3) is 0 Å². The van der Waals surface area contributed by atoms with Crippen molar-refractivity contribution in [2.45, 2.75) is 0 Å². The zero-order valence-corrected chi connectivity index (χ0v) is 9.60. The maximum absolute atomic E-state index is 13.4. The second kappa shape index (κ2) is 5.01. The van der Waals surface area contributed by atoms with Crippen molar-refractivity contribution in [1.82, 2.24) is 0 Å². The number of hydrogen-bond acceptors (Lipinski definition) is 1. The summed E-state index contributed by atoms with van der Waals surface area (Å²) in [6.07, 6.45) is 0. The van der Waals surface area contributed by atoms with Crippen LogP contribution in [0.4, 0.5) is 14.5 Å². The molecular formula is C13H9F2NS. The fraction of sp³-hybridized carbons (Fsp3) is 0. The third kappa shape index (κ3) is 2.85. The van der Waals surface area contributed by atoms with Gasteiger partial charge in [0.15, 0.2) is 0 Å². The molecular weight excluding hydrogens is 240 g/mol. The Kier molecular flexibility index (Phi) is 3.44. The molecule has 0 atom stereocenters. The van der Waals surface area contributed by atoms with E-state index in [2.05, 4.69) is 5.32 Å². The van der Waals surface area contributed by atoms with E-state index in [0.29, 0.717) is 4.99 Å². The number of hydrogen-bond donors (Lipinski definition) is 1. The van der Waals surface area contributed by atoms with E-state index < -0.39 is 11.6 Å². The highest BCUT2D eigenvalue weighted by Gasteiger charge is 2.06. The minimum Gasteiger partial charge on any atom is -0.344 e. The van der Waals surface area contributed by atoms with Crippen LogP contribution in [0.2, 0.25) is 0 Å². The van der Waals surface area contributed by atoms with Gasteiger partial charge in [-0.1, -0.05) is 42.5 Å². The molecule has 0 saturated carbocycles. The third-order valence-corrected chi connectivity index (χ3v) is 2.55. The number of rotatable bonds is 2. The van der Waals surface area contributed by atoms with Crippen LogP contribution in [0, 0.1) is 11.6 Å². The lowest BCUT2D eigenvalue weighted by molar-refractivity contribution is 0.586. The van der Waals surface area contributed by atoms with Gasteiger partial charge in [-0.05, 0) is 12.1 Å². The monoisotopic (exact) mass is 249 g/mol. The van der Waals surface area contributed by atoms with Gasteiger partial charge in [-0.25, -0.2) is 8.78 Å². The van der Waals surface area contributed by atoms with Crippen molar-refractivity contribution in [3.8, 4) is 0 Å². The largest absolute Gasteiger partial charge is 0.344 e. The van der Waals surface area contributed by atoms with Gasteiger partial charge >= 0.3 is 0 Å². The summed E-state index contributed by atoms with van der Waals surface area (Å²) in [5.41, 5.74) is 0.950. The summed E-state index contributed by atoms with van der Waals surface area (Å²) in [6.45, 7) is 0. The first-order valence-electron chi connectivity index (χ1n) is 4.98. The predicted molar refractivity (Wildman–Crippen MR) is 68.1 cm³/mol. The molecule has 0 saturated heterocycles. The molecule has 0 radical (unpaired) electrons. The summed E-state index contributed by atoms with van der Waals surface area (Å²) < 4.78 is 26.1. The van der Waals surface area contributed by atoms with Crippen LogP contribution in [0.3, 0.4) is 0 Å². The Morgan fingerprint density at radius 2 is 1.71 bits per heavy atom. The minimum atomic E-state index is -0.664. The summed E-state index contributed by atoms with van der Waals surface area (Å²) in [4.78, 5) is 0.399. The minimum absolute atomic E-state index is 0.167. The Labute approximate surface area is 103 Å². The molecule has 2 aromatic carbocycles. The van der Waals surface area contributed by atoms with Gasteiger partial charge in [-0.3, -0.25) is 0 Å². The van der Waals surface area contributed by atoms with Crippen LogP contribution in [0.15, 0.2) is 48.5 Å². The number of nitrogens with one attached hydrogen (secondary N) is 1. The fourth-order valence-corrected chi connectivity index (χ4v) is 1.62. The summed E-state index contributed by atoms with van der Waals surface area (Å²) >= 11 is 5.12. The highest BCUT2D eigenvalue weighted by atomic mass is 32.1. The van der Waals surface area contributed by atoms with Crippen LogP contribution in [0.1, 0.15) is 5.56 Å². The van der Waals surface area contributed by atoms with Crippen molar-refractivity contribution in [2.75, 3.05) is 5.32 Å². The quantitative estimate of drug-likeness (QED) is 0.813. The van der Waals surface area contributed by atoms with Crippen LogP contribution < -0.4 is 5.32 Å². The van der Waals surface area contributed by atoms with Crippen molar-refractivity contribution in [3.63, 3.8) is 0 Å². The van der Waals surface area contributed by atoms with Crippen molar-refractivity contribution in [2.24, 2.45) is 0 Å². The number of anilines is 1. The molecule has 86 valence electrons. The Balaban J connectivity index is 2.19. The second-order valence-corrected chi connectivity index (χ2v) is 3.85. The molecule has 0 heterocycles. The maximum atomic E-state index is 13.4. The molecule has 0 aliphatic rings. The molecule has 0 aliphatic heterocycles. The molecule has 2 aromatic rings. The predicted octanol–water partition coefficient (Wildman–Crippen LogP) is 3.75. The van der Waals surface area contributed by atoms with Crippen LogP contribution in [0.5, 0.6) is 0 Å². The molecule has 0 aromatic heterocycles. The van der Waals surface area contributed by atoms with E-state index in [9.17, 15) is 8.78 Å². The molecule has 1 N–H and O–H groups in total. The number of halogens is 2. The molecule has 0 bridgehead atoms. The lowest BCUT2D eigenvalue weighted by Crippen LogP contribution is -2.11. The van der Waals surface area contributed by atoms with Gasteiger partial charge in [0, 0.05) is 11.6 Å². The Hall–Kier alpha value is -1.81. The molecule has 0 aliphatic carbocycles. The van der Waals surface area contributed by atoms with Crippen molar-refractivity contribution in [3.05, 3.63) is 65.7 Å². The van der Waals surface area contributed by atoms with Gasteiger partial charge < -0.3 is 5.32 Å². The van der Waals surface area contributed by atoms with Crippen LogP contribution in [-0.2, 0) is 0 Å². The van der Waals surface area contributed by atoms with E-state index in [-0.39, 0.29) is 5.69 Å². The fourth-order valence-electron chi connectivity index (χ4n) is 1.37. The molecule has 17 heavy (non-hydrogen) atoms. The van der Waals surface area contributed by atoms with Crippen molar-refractivity contribution in [1.29, 1.82) is 0 Å². The second-order valence-electron chi connectivity index (χ2n) is 3.44. The van der Waals surface area contributed by atoms with Crippen LogP contribution >= 0.6 is 12.2 Å². The molecule has 4 heteroatoms. The average molecular weight is 249 g/mol. The lowest BCUT2D eigenvalue weighted by Gasteiger charge is -2.08. The average Bonchev–Trinajstić information content (AvgIpc) is 2.34. The van der Waals surface area contributed by atoms with Crippen molar-refractivity contribution >= 4 is 22.9 Å². The van der Waals surface area contributed by atoms with E-state index in [1.54, 1.807) is 0 Å². The molecule has 0 unspecified atom stereocenters. The molecule has 0 amide bonds. The highest BCUT2D eigenvalue weighted by molar-refractivity contribution is 7.81. The van der Waals surface area contributed by atoms with E-state index in [1.807, 2.05) is 30.3 Å². The van der Waals surface area contributed by atoms with Crippen molar-refractivity contribution < 1.29 is 8.78 Å². The molecule has 2 rings (SSSR count). The van der Waals surface area contributed by atoms with Gasteiger partial charge in [-0.2, -0.15) is 0 Å². The first-order chi connectivity index (χ1) is 8.16. The van der Waals surface area contributed by atoms with Gasteiger partial charge in [-0.15, -0.1) is 0 Å².